The van der Waals surface area contributed by atoms with Crippen LogP contribution >= 0.6 is 0 Å². The van der Waals surface area contributed by atoms with E-state index in [0.29, 0.717) is 19.4 Å². The Morgan fingerprint density at radius 3 is 1.78 bits per heavy atom. The molecule has 1 atom stereocenters. The van der Waals surface area contributed by atoms with E-state index < -0.39 is 23.4 Å². The Hall–Kier alpha value is -1.83. The molecule has 0 aromatic heterocycles. The van der Waals surface area contributed by atoms with Gasteiger partial charge in [0.2, 0.25) is 0 Å². The molecule has 2 aliphatic rings. The van der Waals surface area contributed by atoms with Crippen LogP contribution in [0.4, 0.5) is 9.59 Å². The normalized spacial score (nSPS) is 23.1. The van der Waals surface area contributed by atoms with Crippen molar-refractivity contribution < 1.29 is 29.0 Å². The van der Waals surface area contributed by atoms with Crippen LogP contribution in [-0.4, -0.2) is 74.3 Å². The van der Waals surface area contributed by atoms with E-state index in [1.807, 2.05) is 69.2 Å². The van der Waals surface area contributed by atoms with Gasteiger partial charge in [0.05, 0.1) is 19.2 Å². The molecule has 0 aromatic carbocycles. The Kier molecular flexibility index (Phi) is 8.79. The van der Waals surface area contributed by atoms with E-state index >= 15 is 0 Å². The van der Waals surface area contributed by atoms with Gasteiger partial charge >= 0.3 is 12.2 Å². The highest BCUT2D eigenvalue weighted by Crippen LogP contribution is 2.29. The number of nitrogens with zero attached hydrogens (tertiary/aromatic N) is 2. The second kappa shape index (κ2) is 9.98. The minimum Gasteiger partial charge on any atom is -0.444 e. The molecule has 0 aromatic rings. The fourth-order valence-corrected chi connectivity index (χ4v) is 3.52. The third-order valence-corrected chi connectivity index (χ3v) is 5.52. The van der Waals surface area contributed by atoms with Crippen molar-refractivity contribution in [3.63, 3.8) is 0 Å². The van der Waals surface area contributed by atoms with Crippen LogP contribution in [0.15, 0.2) is 0 Å². The summed E-state index contributed by atoms with van der Waals surface area (Å²) in [5, 5.41) is 9.61. The first-order chi connectivity index (χ1) is 14.2. The van der Waals surface area contributed by atoms with Crippen LogP contribution in [0, 0.1) is 0 Å². The summed E-state index contributed by atoms with van der Waals surface area (Å²) < 4.78 is 10.6. The molecule has 0 bridgehead atoms. The number of piperidine rings is 2. The van der Waals surface area contributed by atoms with E-state index in [4.69, 9.17) is 9.47 Å². The molecule has 1 unspecified atom stereocenters. The number of carbonyl (C=O) groups excluding carboxylic acids is 3. The lowest BCUT2D eigenvalue weighted by Crippen LogP contribution is -2.55. The second-order valence-corrected chi connectivity index (χ2v) is 12.0. The number of hydrogen-bond acceptors (Lipinski definition) is 6. The average Bonchev–Trinajstić information content (AvgIpc) is 2.56. The molecule has 186 valence electrons. The SMILES string of the molecule is CC(C)(C)OC(=O)N1CC(=O)CCC1(C)C.CC(C)(C)OC(=O)N1CC(O)CCC1(C)C. The first kappa shape index (κ1) is 28.2. The molecule has 0 aliphatic carbocycles. The predicted octanol–water partition coefficient (Wildman–Crippen LogP) is 4.52. The van der Waals surface area contributed by atoms with Crippen molar-refractivity contribution in [2.45, 2.75) is 123 Å². The van der Waals surface area contributed by atoms with Gasteiger partial charge in [-0.25, -0.2) is 9.59 Å². The van der Waals surface area contributed by atoms with Crippen molar-refractivity contribution in [1.82, 2.24) is 9.80 Å². The summed E-state index contributed by atoms with van der Waals surface area (Å²) >= 11 is 0. The van der Waals surface area contributed by atoms with Crippen LogP contribution in [0.1, 0.15) is 94.9 Å². The van der Waals surface area contributed by atoms with Crippen molar-refractivity contribution in [2.24, 2.45) is 0 Å². The van der Waals surface area contributed by atoms with Crippen LogP contribution in [0.3, 0.4) is 0 Å². The number of carbonyl (C=O) groups is 3. The number of β-amino-alcohol motifs (C(OH)–C–C–N with tert-alkyl or cyclic N) is 1. The average molecular weight is 457 g/mol. The molecule has 2 aliphatic heterocycles. The molecule has 2 heterocycles. The van der Waals surface area contributed by atoms with Gasteiger partial charge in [-0.1, -0.05) is 0 Å². The molecule has 0 radical (unpaired) electrons. The summed E-state index contributed by atoms with van der Waals surface area (Å²) in [5.74, 6) is 0.102. The topological polar surface area (TPSA) is 96.4 Å². The van der Waals surface area contributed by atoms with Gasteiger partial charge in [0.1, 0.15) is 11.2 Å². The van der Waals surface area contributed by atoms with Crippen LogP contribution in [0.2, 0.25) is 0 Å². The lowest BCUT2D eigenvalue weighted by atomic mass is 9.89. The standard InChI is InChI=1S/C12H23NO3.C12H21NO3/c2*1-11(2,3)16-10(15)13-8-9(14)6-7-12(13,4)5/h9,14H,6-8H2,1-5H3;6-8H2,1-5H3. The first-order valence-corrected chi connectivity index (χ1v) is 11.4. The molecule has 1 N–H and O–H groups in total. The molecule has 0 saturated carbocycles. The molecule has 8 heteroatoms. The molecular formula is C24H44N2O6. The van der Waals surface area contributed by atoms with Crippen molar-refractivity contribution in [3.05, 3.63) is 0 Å². The van der Waals surface area contributed by atoms with E-state index in [2.05, 4.69) is 0 Å². The number of hydrogen-bond donors (Lipinski definition) is 1. The molecule has 8 nitrogen and oxygen atoms in total. The van der Waals surface area contributed by atoms with Gasteiger partial charge in [-0.2, -0.15) is 0 Å². The third-order valence-electron chi connectivity index (χ3n) is 5.52. The van der Waals surface area contributed by atoms with E-state index in [1.165, 1.54) is 4.90 Å². The zero-order valence-corrected chi connectivity index (χ0v) is 21.7. The van der Waals surface area contributed by atoms with Crippen LogP contribution < -0.4 is 0 Å². The van der Waals surface area contributed by atoms with E-state index in [-0.39, 0.29) is 29.5 Å². The molecule has 0 spiro atoms. The van der Waals surface area contributed by atoms with Gasteiger partial charge in [0, 0.05) is 17.5 Å². The summed E-state index contributed by atoms with van der Waals surface area (Å²) in [7, 11) is 0. The second-order valence-electron chi connectivity index (χ2n) is 12.0. The summed E-state index contributed by atoms with van der Waals surface area (Å²) in [4.78, 5) is 38.4. The highest BCUT2D eigenvalue weighted by Gasteiger charge is 2.39. The summed E-state index contributed by atoms with van der Waals surface area (Å²) in [6.45, 7) is 19.5. The zero-order chi connectivity index (χ0) is 25.1. The molecule has 2 fully saturated rings. The minimum atomic E-state index is -0.520. The van der Waals surface area contributed by atoms with Gasteiger partial charge in [0.25, 0.3) is 0 Å². The smallest absolute Gasteiger partial charge is 0.411 e. The molecular weight excluding hydrogens is 412 g/mol. The van der Waals surface area contributed by atoms with E-state index in [9.17, 15) is 19.5 Å². The number of aliphatic hydroxyl groups is 1. The summed E-state index contributed by atoms with van der Waals surface area (Å²) in [6, 6.07) is 0. The number of aliphatic hydroxyl groups excluding tert-OH is 1. The molecule has 2 amide bonds. The van der Waals surface area contributed by atoms with Gasteiger partial charge in [-0.15, -0.1) is 0 Å². The summed E-state index contributed by atoms with van der Waals surface area (Å²) in [5.41, 5.74) is -1.54. The van der Waals surface area contributed by atoms with Crippen LogP contribution in [0.25, 0.3) is 0 Å². The minimum absolute atomic E-state index is 0.102. The largest absolute Gasteiger partial charge is 0.444 e. The maximum atomic E-state index is 12.0. The Morgan fingerprint density at radius 1 is 0.875 bits per heavy atom. The first-order valence-electron chi connectivity index (χ1n) is 11.4. The predicted molar refractivity (Wildman–Crippen MR) is 124 cm³/mol. The quantitative estimate of drug-likeness (QED) is 0.576. The lowest BCUT2D eigenvalue weighted by molar-refractivity contribution is -0.125. The Labute approximate surface area is 193 Å². The van der Waals surface area contributed by atoms with Gasteiger partial charge in [-0.05, 0) is 88.5 Å². The number of ketones is 1. The number of amides is 2. The van der Waals surface area contributed by atoms with Crippen molar-refractivity contribution in [2.75, 3.05) is 13.1 Å². The highest BCUT2D eigenvalue weighted by atomic mass is 16.6. The fraction of sp³-hybridized carbons (Fsp3) is 0.875. The molecule has 2 saturated heterocycles. The third kappa shape index (κ3) is 8.96. The van der Waals surface area contributed by atoms with E-state index in [0.717, 1.165) is 12.8 Å². The van der Waals surface area contributed by atoms with Crippen LogP contribution in [-0.2, 0) is 14.3 Å². The number of likely N-dealkylation sites (tertiary alicyclic amines) is 2. The van der Waals surface area contributed by atoms with Crippen LogP contribution in [0.5, 0.6) is 0 Å². The Bertz CT molecular complexity index is 688. The zero-order valence-electron chi connectivity index (χ0n) is 21.7. The maximum absolute atomic E-state index is 12.0. The van der Waals surface area contributed by atoms with Crippen molar-refractivity contribution in [1.29, 1.82) is 0 Å². The van der Waals surface area contributed by atoms with Gasteiger partial charge < -0.3 is 19.5 Å². The molecule has 2 rings (SSSR count). The molecule has 32 heavy (non-hydrogen) atoms. The summed E-state index contributed by atoms with van der Waals surface area (Å²) in [6.07, 6.45) is 1.62. The van der Waals surface area contributed by atoms with Crippen molar-refractivity contribution >= 4 is 18.0 Å². The number of Topliss-reactive ketones (excluding diaryl/α,β-unsaturated/α-hetero) is 1. The van der Waals surface area contributed by atoms with Crippen molar-refractivity contribution in [3.8, 4) is 0 Å². The fourth-order valence-electron chi connectivity index (χ4n) is 3.52. The number of ether oxygens (including phenoxy) is 2. The monoisotopic (exact) mass is 456 g/mol. The van der Waals surface area contributed by atoms with E-state index in [1.54, 1.807) is 4.90 Å². The lowest BCUT2D eigenvalue weighted by Gasteiger charge is -2.44. The Balaban J connectivity index is 0.000000320. The highest BCUT2D eigenvalue weighted by molar-refractivity contribution is 5.86. The maximum Gasteiger partial charge on any atom is 0.411 e. The van der Waals surface area contributed by atoms with Gasteiger partial charge in [0.15, 0.2) is 5.78 Å². The van der Waals surface area contributed by atoms with Gasteiger partial charge in [-0.3, -0.25) is 9.69 Å². The Morgan fingerprint density at radius 2 is 1.31 bits per heavy atom. The number of rotatable bonds is 0.